The monoisotopic (exact) mass is 342 g/mol. The first kappa shape index (κ1) is 18.5. The summed E-state index contributed by atoms with van der Waals surface area (Å²) in [6, 6.07) is 0. The topological polar surface area (TPSA) is 65.4 Å². The molecule has 4 saturated heterocycles. The molecule has 0 amide bonds. The lowest BCUT2D eigenvalue weighted by molar-refractivity contribution is 0.0944. The molecule has 4 aliphatic rings. The Hall–Kier alpha value is -0.240. The lowest BCUT2D eigenvalue weighted by Crippen LogP contribution is -2.41. The second kappa shape index (κ2) is 7.56. The molecule has 0 unspecified atom stereocenters. The van der Waals surface area contributed by atoms with Crippen LogP contribution < -0.4 is 0 Å². The highest BCUT2D eigenvalue weighted by molar-refractivity contribution is 5.04. The molecule has 0 spiro atoms. The van der Waals surface area contributed by atoms with Gasteiger partial charge in [0, 0.05) is 38.4 Å². The van der Waals surface area contributed by atoms with Crippen molar-refractivity contribution in [3.63, 3.8) is 0 Å². The number of aliphatic hydroxyl groups is 2. The van der Waals surface area contributed by atoms with Crippen LogP contribution in [0.5, 0.6) is 0 Å². The van der Waals surface area contributed by atoms with E-state index in [0.717, 1.165) is 51.9 Å². The van der Waals surface area contributed by atoms with Crippen molar-refractivity contribution < 1.29 is 19.7 Å². The number of rotatable bonds is 4. The molecule has 0 aliphatic carbocycles. The number of nitrogens with zero attached hydrogens (tertiary/aromatic N) is 2. The summed E-state index contributed by atoms with van der Waals surface area (Å²) < 4.78 is 10.6. The molecule has 6 nitrogen and oxygen atoms in total. The molecule has 0 aromatic heterocycles. The van der Waals surface area contributed by atoms with Crippen molar-refractivity contribution >= 4 is 0 Å². The van der Waals surface area contributed by atoms with Gasteiger partial charge < -0.3 is 19.7 Å². The predicted molar refractivity (Wildman–Crippen MR) is 92.1 cm³/mol. The van der Waals surface area contributed by atoms with E-state index < -0.39 is 0 Å². The number of aliphatic hydroxyl groups excluding tert-OH is 2. The van der Waals surface area contributed by atoms with Crippen molar-refractivity contribution in [1.82, 2.24) is 9.80 Å². The maximum Gasteiger partial charge on any atom is 0.0716 e. The number of methoxy groups -OCH3 is 2. The van der Waals surface area contributed by atoms with Crippen molar-refractivity contribution in [2.75, 3.05) is 53.6 Å². The molecule has 4 atom stereocenters. The predicted octanol–water partition coefficient (Wildman–Crippen LogP) is 0.464. The fourth-order valence-electron chi connectivity index (χ4n) is 5.29. The Bertz CT molecular complexity index is 386. The molecular weight excluding hydrogens is 308 g/mol. The Balaban J connectivity index is 0.000000141. The van der Waals surface area contributed by atoms with Gasteiger partial charge in [0.05, 0.1) is 25.4 Å². The van der Waals surface area contributed by atoms with E-state index in [1.54, 1.807) is 14.2 Å². The van der Waals surface area contributed by atoms with Gasteiger partial charge in [-0.2, -0.15) is 0 Å². The Labute approximate surface area is 145 Å². The Kier molecular flexibility index (Phi) is 5.84. The van der Waals surface area contributed by atoms with E-state index in [0.29, 0.717) is 25.4 Å². The zero-order valence-corrected chi connectivity index (χ0v) is 15.2. The van der Waals surface area contributed by atoms with Crippen molar-refractivity contribution in [3.8, 4) is 0 Å². The molecule has 0 aromatic carbocycles. The Morgan fingerprint density at radius 3 is 1.54 bits per heavy atom. The van der Waals surface area contributed by atoms with Crippen LogP contribution in [0.2, 0.25) is 0 Å². The SMILES string of the molecule is CO[C@@H]1CN2CCC[C@]2(CO)C1.CO[C@H]1CN2CCC[C@@]2(CO)C1. The fraction of sp³-hybridized carbons (Fsp3) is 1.00. The lowest BCUT2D eigenvalue weighted by Gasteiger charge is -2.28. The van der Waals surface area contributed by atoms with E-state index in [9.17, 15) is 10.2 Å². The maximum absolute atomic E-state index is 9.34. The zero-order chi connectivity index (χ0) is 17.2. The maximum atomic E-state index is 9.34. The molecule has 2 N–H and O–H groups in total. The third-order valence-corrected chi connectivity index (χ3v) is 6.80. The fourth-order valence-corrected chi connectivity index (χ4v) is 5.29. The highest BCUT2D eigenvalue weighted by atomic mass is 16.5. The second-order valence-electron chi connectivity index (χ2n) is 7.99. The standard InChI is InChI=1S/2C9H17NO2/c2*1-12-8-5-9(7-11)3-2-4-10(9)6-8/h2*8,11H,2-7H2,1H3/t2*8-,9+/m10/s1. The van der Waals surface area contributed by atoms with Crippen molar-refractivity contribution in [2.45, 2.75) is 61.8 Å². The van der Waals surface area contributed by atoms with Crippen LogP contribution in [-0.2, 0) is 9.47 Å². The van der Waals surface area contributed by atoms with Crippen LogP contribution >= 0.6 is 0 Å². The number of hydrogen-bond acceptors (Lipinski definition) is 6. The summed E-state index contributed by atoms with van der Waals surface area (Å²) in [6.45, 7) is 4.90. The minimum atomic E-state index is 0.0840. The number of hydrogen-bond donors (Lipinski definition) is 2. The van der Waals surface area contributed by atoms with Crippen molar-refractivity contribution in [3.05, 3.63) is 0 Å². The summed E-state index contributed by atoms with van der Waals surface area (Å²) in [5.41, 5.74) is 0.168. The van der Waals surface area contributed by atoms with Crippen LogP contribution in [0.4, 0.5) is 0 Å². The Morgan fingerprint density at radius 1 is 0.833 bits per heavy atom. The molecule has 0 saturated carbocycles. The third kappa shape index (κ3) is 3.24. The molecule has 4 heterocycles. The normalized spacial score (nSPS) is 42.0. The first-order valence-corrected chi connectivity index (χ1v) is 9.39. The lowest BCUT2D eigenvalue weighted by atomic mass is 9.94. The minimum Gasteiger partial charge on any atom is -0.394 e. The van der Waals surface area contributed by atoms with E-state index >= 15 is 0 Å². The van der Waals surface area contributed by atoms with E-state index in [-0.39, 0.29) is 11.1 Å². The van der Waals surface area contributed by atoms with Gasteiger partial charge >= 0.3 is 0 Å². The Morgan fingerprint density at radius 2 is 1.25 bits per heavy atom. The van der Waals surface area contributed by atoms with Crippen molar-refractivity contribution in [2.24, 2.45) is 0 Å². The van der Waals surface area contributed by atoms with Crippen LogP contribution in [0.25, 0.3) is 0 Å². The summed E-state index contributed by atoms with van der Waals surface area (Å²) in [5, 5.41) is 18.7. The van der Waals surface area contributed by atoms with E-state index in [4.69, 9.17) is 9.47 Å². The van der Waals surface area contributed by atoms with Crippen LogP contribution in [0.3, 0.4) is 0 Å². The summed E-state index contributed by atoms with van der Waals surface area (Å²) in [6.07, 6.45) is 7.47. The van der Waals surface area contributed by atoms with E-state index in [1.165, 1.54) is 12.8 Å². The van der Waals surface area contributed by atoms with Gasteiger partial charge in [-0.25, -0.2) is 0 Å². The van der Waals surface area contributed by atoms with Crippen LogP contribution in [0.1, 0.15) is 38.5 Å². The summed E-state index contributed by atoms with van der Waals surface area (Å²) in [7, 11) is 3.52. The van der Waals surface area contributed by atoms with Crippen molar-refractivity contribution in [1.29, 1.82) is 0 Å². The van der Waals surface area contributed by atoms with Crippen LogP contribution in [0.15, 0.2) is 0 Å². The third-order valence-electron chi connectivity index (χ3n) is 6.80. The molecule has 4 rings (SSSR count). The molecule has 0 bridgehead atoms. The molecule has 0 aromatic rings. The zero-order valence-electron chi connectivity index (χ0n) is 15.2. The van der Waals surface area contributed by atoms with E-state index in [2.05, 4.69) is 9.80 Å². The summed E-state index contributed by atoms with van der Waals surface area (Å²) in [4.78, 5) is 4.78. The smallest absolute Gasteiger partial charge is 0.0716 e. The van der Waals surface area contributed by atoms with Crippen LogP contribution in [0, 0.1) is 0 Å². The molecule has 24 heavy (non-hydrogen) atoms. The first-order chi connectivity index (χ1) is 11.6. The molecule has 140 valence electrons. The molecular formula is C18H34N2O4. The van der Waals surface area contributed by atoms with Gasteiger partial charge in [-0.15, -0.1) is 0 Å². The second-order valence-corrected chi connectivity index (χ2v) is 7.99. The van der Waals surface area contributed by atoms with Gasteiger partial charge in [0.15, 0.2) is 0 Å². The molecule has 4 fully saturated rings. The van der Waals surface area contributed by atoms with E-state index in [1.807, 2.05) is 0 Å². The van der Waals surface area contributed by atoms with Crippen LogP contribution in [-0.4, -0.2) is 96.9 Å². The highest BCUT2D eigenvalue weighted by Gasteiger charge is 2.48. The van der Waals surface area contributed by atoms with Gasteiger partial charge in [-0.1, -0.05) is 0 Å². The largest absolute Gasteiger partial charge is 0.394 e. The van der Waals surface area contributed by atoms with Gasteiger partial charge in [-0.05, 0) is 51.6 Å². The van der Waals surface area contributed by atoms with Gasteiger partial charge in [-0.3, -0.25) is 9.80 Å². The summed E-state index contributed by atoms with van der Waals surface area (Å²) >= 11 is 0. The molecule has 4 aliphatic heterocycles. The average Bonchev–Trinajstić information content (AvgIpc) is 3.32. The van der Waals surface area contributed by atoms with Gasteiger partial charge in [0.2, 0.25) is 0 Å². The highest BCUT2D eigenvalue weighted by Crippen LogP contribution is 2.40. The first-order valence-electron chi connectivity index (χ1n) is 9.39. The number of fused-ring (bicyclic) bond motifs is 2. The quantitative estimate of drug-likeness (QED) is 0.774. The molecule has 0 radical (unpaired) electrons. The summed E-state index contributed by atoms with van der Waals surface area (Å²) in [5.74, 6) is 0. The van der Waals surface area contributed by atoms with Gasteiger partial charge in [0.1, 0.15) is 0 Å². The average molecular weight is 342 g/mol. The molecule has 6 heteroatoms. The van der Waals surface area contributed by atoms with Gasteiger partial charge in [0.25, 0.3) is 0 Å². The number of ether oxygens (including phenoxy) is 2. The minimum absolute atomic E-state index is 0.0840.